The van der Waals surface area contributed by atoms with Crippen molar-refractivity contribution in [3.63, 3.8) is 0 Å². The molecule has 7 nitrogen and oxygen atoms in total. The van der Waals surface area contributed by atoms with E-state index >= 15 is 0 Å². The van der Waals surface area contributed by atoms with E-state index < -0.39 is 17.7 Å². The third kappa shape index (κ3) is 3.79. The SMILES string of the molecule is C[C@@H]1C=CC[C@@H]2C(=O)N(c3cccc(OC(=O)[C@H]4CC(=O)N(c5ccc(F)cc5)C4)c3)C(=O)[C@H]12. The fourth-order valence-corrected chi connectivity index (χ4v) is 5.02. The minimum atomic E-state index is -0.689. The zero-order chi connectivity index (χ0) is 24.0. The number of anilines is 2. The normalized spacial score (nSPS) is 26.2. The van der Waals surface area contributed by atoms with Crippen LogP contribution in [-0.2, 0) is 19.2 Å². The number of hydrogen-bond acceptors (Lipinski definition) is 5. The molecule has 174 valence electrons. The Bertz CT molecular complexity index is 1210. The molecule has 2 aromatic carbocycles. The van der Waals surface area contributed by atoms with E-state index in [9.17, 15) is 23.6 Å². The van der Waals surface area contributed by atoms with Crippen LogP contribution < -0.4 is 14.5 Å². The molecule has 4 atom stereocenters. The van der Waals surface area contributed by atoms with E-state index in [0.717, 1.165) is 0 Å². The van der Waals surface area contributed by atoms with Crippen LogP contribution in [-0.4, -0.2) is 30.2 Å². The van der Waals surface area contributed by atoms with Crippen molar-refractivity contribution >= 4 is 35.1 Å². The van der Waals surface area contributed by atoms with Gasteiger partial charge in [-0.25, -0.2) is 9.29 Å². The Kier molecular flexibility index (Phi) is 5.51. The molecule has 2 heterocycles. The highest BCUT2D eigenvalue weighted by molar-refractivity contribution is 6.22. The Morgan fingerprint density at radius 3 is 2.53 bits per heavy atom. The molecule has 2 saturated heterocycles. The first-order chi connectivity index (χ1) is 16.3. The number of fused-ring (bicyclic) bond motifs is 1. The Balaban J connectivity index is 1.30. The molecule has 0 saturated carbocycles. The van der Waals surface area contributed by atoms with Crippen LogP contribution in [0, 0.1) is 29.5 Å². The molecule has 2 fully saturated rings. The topological polar surface area (TPSA) is 84.0 Å². The fourth-order valence-electron chi connectivity index (χ4n) is 5.02. The fraction of sp³-hybridized carbons (Fsp3) is 0.308. The number of benzene rings is 2. The second-order valence-corrected chi connectivity index (χ2v) is 8.97. The van der Waals surface area contributed by atoms with Crippen LogP contribution in [0.2, 0.25) is 0 Å². The van der Waals surface area contributed by atoms with E-state index in [2.05, 4.69) is 0 Å². The summed E-state index contributed by atoms with van der Waals surface area (Å²) in [4.78, 5) is 53.8. The van der Waals surface area contributed by atoms with Crippen LogP contribution in [0.1, 0.15) is 19.8 Å². The molecular formula is C26H23FN2O5. The summed E-state index contributed by atoms with van der Waals surface area (Å²) in [5.41, 5.74) is 0.872. The Labute approximate surface area is 195 Å². The van der Waals surface area contributed by atoms with E-state index in [1.807, 2.05) is 19.1 Å². The molecule has 2 aromatic rings. The quantitative estimate of drug-likeness (QED) is 0.301. The van der Waals surface area contributed by atoms with Gasteiger partial charge in [-0.1, -0.05) is 25.1 Å². The first-order valence-corrected chi connectivity index (χ1v) is 11.3. The lowest BCUT2D eigenvalue weighted by atomic mass is 9.78. The van der Waals surface area contributed by atoms with Gasteiger partial charge in [-0.05, 0) is 48.7 Å². The lowest BCUT2D eigenvalue weighted by Crippen LogP contribution is -2.31. The summed E-state index contributed by atoms with van der Waals surface area (Å²) in [6, 6.07) is 11.8. The second-order valence-electron chi connectivity index (χ2n) is 8.97. The number of ether oxygens (including phenoxy) is 1. The first kappa shape index (κ1) is 22.0. The van der Waals surface area contributed by atoms with E-state index in [1.165, 1.54) is 40.1 Å². The molecular weight excluding hydrogens is 439 g/mol. The zero-order valence-corrected chi connectivity index (χ0v) is 18.5. The van der Waals surface area contributed by atoms with Crippen molar-refractivity contribution in [2.45, 2.75) is 19.8 Å². The van der Waals surface area contributed by atoms with Crippen molar-refractivity contribution in [3.8, 4) is 5.75 Å². The summed E-state index contributed by atoms with van der Waals surface area (Å²) in [7, 11) is 0. The molecule has 0 N–H and O–H groups in total. The largest absolute Gasteiger partial charge is 0.426 e. The number of carbonyl (C=O) groups is 4. The molecule has 34 heavy (non-hydrogen) atoms. The van der Waals surface area contributed by atoms with Crippen molar-refractivity contribution in [1.82, 2.24) is 0 Å². The van der Waals surface area contributed by atoms with Gasteiger partial charge in [-0.15, -0.1) is 0 Å². The maximum absolute atomic E-state index is 13.2. The van der Waals surface area contributed by atoms with Gasteiger partial charge in [0.25, 0.3) is 0 Å². The molecule has 0 unspecified atom stereocenters. The van der Waals surface area contributed by atoms with Crippen molar-refractivity contribution in [1.29, 1.82) is 0 Å². The summed E-state index contributed by atoms with van der Waals surface area (Å²) in [6.07, 6.45) is 4.42. The van der Waals surface area contributed by atoms with Gasteiger partial charge in [0.05, 0.1) is 23.4 Å². The summed E-state index contributed by atoms with van der Waals surface area (Å²) in [5, 5.41) is 0. The number of carbonyl (C=O) groups excluding carboxylic acids is 4. The standard InChI is InChI=1S/C26H23FN2O5/c1-15-4-2-7-21-23(15)25(32)29(24(21)31)19-5-3-6-20(13-19)34-26(33)16-12-22(30)28(14-16)18-10-8-17(27)9-11-18/h2-6,8-11,13,15-16,21,23H,7,12,14H2,1H3/t15-,16+,21+,23-/m1/s1. The van der Waals surface area contributed by atoms with Crippen LogP contribution in [0.15, 0.2) is 60.7 Å². The first-order valence-electron chi connectivity index (χ1n) is 11.3. The number of halogens is 1. The molecule has 1 aliphatic carbocycles. The van der Waals surface area contributed by atoms with Crippen molar-refractivity contribution in [2.75, 3.05) is 16.3 Å². The molecule has 3 amide bonds. The third-order valence-electron chi connectivity index (χ3n) is 6.76. The Hall–Kier alpha value is -3.81. The van der Waals surface area contributed by atoms with E-state index in [-0.39, 0.29) is 54.2 Å². The average Bonchev–Trinajstić information content (AvgIpc) is 3.33. The van der Waals surface area contributed by atoms with Crippen LogP contribution in [0.5, 0.6) is 5.75 Å². The van der Waals surface area contributed by atoms with Crippen LogP contribution in [0.3, 0.4) is 0 Å². The molecule has 3 aliphatic rings. The molecule has 8 heteroatoms. The van der Waals surface area contributed by atoms with Gasteiger partial charge >= 0.3 is 5.97 Å². The molecule has 0 spiro atoms. The number of esters is 1. The van der Waals surface area contributed by atoms with Crippen molar-refractivity contribution < 1.29 is 28.3 Å². The minimum Gasteiger partial charge on any atom is -0.426 e. The lowest BCUT2D eigenvalue weighted by molar-refractivity contribution is -0.139. The summed E-state index contributed by atoms with van der Waals surface area (Å²) in [6.45, 7) is 2.05. The zero-order valence-electron chi connectivity index (χ0n) is 18.5. The van der Waals surface area contributed by atoms with Gasteiger partial charge in [0, 0.05) is 24.7 Å². The van der Waals surface area contributed by atoms with Crippen molar-refractivity contribution in [3.05, 3.63) is 66.5 Å². The van der Waals surface area contributed by atoms with Gasteiger partial charge in [0.15, 0.2) is 0 Å². The van der Waals surface area contributed by atoms with E-state index in [0.29, 0.717) is 17.8 Å². The van der Waals surface area contributed by atoms with E-state index in [4.69, 9.17) is 4.74 Å². The molecule has 5 rings (SSSR count). The summed E-state index contributed by atoms with van der Waals surface area (Å²) in [5.74, 6) is -3.01. The number of nitrogens with zero attached hydrogens (tertiary/aromatic N) is 2. The second kappa shape index (κ2) is 8.52. The van der Waals surface area contributed by atoms with Gasteiger partial charge in [0.2, 0.25) is 17.7 Å². The van der Waals surface area contributed by atoms with Gasteiger partial charge < -0.3 is 9.64 Å². The molecule has 2 aliphatic heterocycles. The number of hydrogen-bond donors (Lipinski definition) is 0. The highest BCUT2D eigenvalue weighted by Crippen LogP contribution is 2.41. The van der Waals surface area contributed by atoms with Gasteiger partial charge in [-0.3, -0.25) is 19.2 Å². The minimum absolute atomic E-state index is 0.0206. The smallest absolute Gasteiger partial charge is 0.316 e. The predicted molar refractivity (Wildman–Crippen MR) is 121 cm³/mol. The average molecular weight is 462 g/mol. The summed E-state index contributed by atoms with van der Waals surface area (Å²) >= 11 is 0. The lowest BCUT2D eigenvalue weighted by Gasteiger charge is -2.22. The number of rotatable bonds is 4. The monoisotopic (exact) mass is 462 g/mol. The van der Waals surface area contributed by atoms with Crippen LogP contribution >= 0.6 is 0 Å². The Morgan fingerprint density at radius 2 is 1.79 bits per heavy atom. The molecule has 0 bridgehead atoms. The maximum atomic E-state index is 13.2. The number of allylic oxidation sites excluding steroid dienone is 2. The molecule has 0 radical (unpaired) electrons. The number of imide groups is 1. The number of amides is 3. The highest BCUT2D eigenvalue weighted by atomic mass is 19.1. The maximum Gasteiger partial charge on any atom is 0.316 e. The Morgan fingerprint density at radius 1 is 1.03 bits per heavy atom. The summed E-state index contributed by atoms with van der Waals surface area (Å²) < 4.78 is 18.7. The predicted octanol–water partition coefficient (Wildman–Crippen LogP) is 3.49. The highest BCUT2D eigenvalue weighted by Gasteiger charge is 2.50. The van der Waals surface area contributed by atoms with Crippen LogP contribution in [0.25, 0.3) is 0 Å². The van der Waals surface area contributed by atoms with Gasteiger partial charge in [-0.2, -0.15) is 0 Å². The van der Waals surface area contributed by atoms with Crippen molar-refractivity contribution in [2.24, 2.45) is 23.7 Å². The van der Waals surface area contributed by atoms with Crippen LogP contribution in [0.4, 0.5) is 15.8 Å². The molecule has 0 aromatic heterocycles. The third-order valence-corrected chi connectivity index (χ3v) is 6.76. The van der Waals surface area contributed by atoms with Gasteiger partial charge in [0.1, 0.15) is 11.6 Å². The van der Waals surface area contributed by atoms with E-state index in [1.54, 1.807) is 18.2 Å².